The molecule has 2 aliphatic heterocycles. The average Bonchev–Trinajstić information content (AvgIpc) is 3.76. The molecule has 1 aromatic heterocycles. The molecule has 51 heavy (non-hydrogen) atoms. The first kappa shape index (κ1) is 34.8. The van der Waals surface area contributed by atoms with Crippen molar-refractivity contribution in [2.24, 2.45) is 23.8 Å². The van der Waals surface area contributed by atoms with Crippen molar-refractivity contribution in [3.63, 3.8) is 0 Å². The van der Waals surface area contributed by atoms with Crippen LogP contribution >= 0.6 is 0 Å². The fourth-order valence-electron chi connectivity index (χ4n) is 8.65. The molecule has 2 aliphatic carbocycles. The number of hydrogen-bond acceptors (Lipinski definition) is 6. The highest BCUT2D eigenvalue weighted by Crippen LogP contribution is 2.61. The van der Waals surface area contributed by atoms with Gasteiger partial charge in [-0.2, -0.15) is 5.10 Å². The summed E-state index contributed by atoms with van der Waals surface area (Å²) in [5, 5.41) is 13.6. The second kappa shape index (κ2) is 13.5. The number of piperidine rings is 1. The Labute approximate surface area is 299 Å². The predicted octanol–water partition coefficient (Wildman–Crippen LogP) is 4.94. The van der Waals surface area contributed by atoms with Gasteiger partial charge >= 0.3 is 0 Å². The molecular weight excluding hydrogens is 644 g/mol. The highest BCUT2D eigenvalue weighted by molar-refractivity contribution is 6.01. The molecule has 0 radical (unpaired) electrons. The molecule has 2 unspecified atom stereocenters. The molecule has 3 N–H and O–H groups in total. The highest BCUT2D eigenvalue weighted by Gasteiger charge is 2.58. The maximum atomic E-state index is 14.4. The van der Waals surface area contributed by atoms with Crippen LogP contribution in [0.15, 0.2) is 60.8 Å². The molecule has 3 fully saturated rings. The molecule has 1 spiro atoms. The lowest BCUT2D eigenvalue weighted by Crippen LogP contribution is -2.53. The zero-order chi connectivity index (χ0) is 36.0. The molecule has 270 valence electrons. The molecule has 11 heteroatoms. The van der Waals surface area contributed by atoms with Crippen molar-refractivity contribution < 1.29 is 23.9 Å². The Balaban J connectivity index is 1.15. The van der Waals surface area contributed by atoms with Crippen LogP contribution in [0, 0.1) is 16.7 Å². The largest absolute Gasteiger partial charge is 0.493 e. The van der Waals surface area contributed by atoms with Gasteiger partial charge in [0.05, 0.1) is 12.0 Å². The molecular formula is C40H50N6O5. The van der Waals surface area contributed by atoms with Crippen molar-refractivity contribution in [3.8, 4) is 5.75 Å². The maximum absolute atomic E-state index is 14.4. The minimum atomic E-state index is -0.880. The minimum absolute atomic E-state index is 0.000425. The second-order valence-electron chi connectivity index (χ2n) is 15.9. The number of nitrogens with one attached hydrogen (secondary N) is 3. The number of benzene rings is 2. The van der Waals surface area contributed by atoms with Crippen LogP contribution in [0.25, 0.3) is 0 Å². The van der Waals surface area contributed by atoms with E-state index in [4.69, 9.17) is 4.74 Å². The molecule has 2 saturated carbocycles. The van der Waals surface area contributed by atoms with Gasteiger partial charge in [-0.25, -0.2) is 0 Å². The van der Waals surface area contributed by atoms with Gasteiger partial charge in [0.15, 0.2) is 0 Å². The van der Waals surface area contributed by atoms with E-state index in [1.54, 1.807) is 26.2 Å². The van der Waals surface area contributed by atoms with Crippen LogP contribution in [-0.4, -0.2) is 70.6 Å². The van der Waals surface area contributed by atoms with Gasteiger partial charge in [0.25, 0.3) is 5.91 Å². The Morgan fingerprint density at radius 3 is 2.31 bits per heavy atom. The van der Waals surface area contributed by atoms with Crippen molar-refractivity contribution >= 4 is 29.3 Å². The van der Waals surface area contributed by atoms with Crippen molar-refractivity contribution in [2.45, 2.75) is 83.1 Å². The highest BCUT2D eigenvalue weighted by atomic mass is 16.5. The summed E-state index contributed by atoms with van der Waals surface area (Å²) in [5.74, 6) is -0.156. The number of aromatic nitrogens is 2. The fraction of sp³-hybridized carbons (Fsp3) is 0.525. The van der Waals surface area contributed by atoms with Gasteiger partial charge in [-0.1, -0.05) is 43.7 Å². The number of aryl methyl sites for hydroxylation is 1. The Bertz CT molecular complexity index is 1800. The molecule has 2 aromatic carbocycles. The lowest BCUT2D eigenvalue weighted by atomic mass is 9.66. The van der Waals surface area contributed by atoms with Gasteiger partial charge in [-0.3, -0.25) is 23.9 Å². The molecule has 3 atom stereocenters. The summed E-state index contributed by atoms with van der Waals surface area (Å²) in [6.07, 6.45) is 8.23. The molecule has 4 amide bonds. The van der Waals surface area contributed by atoms with E-state index in [2.05, 4.69) is 28.0 Å². The number of rotatable bonds is 10. The standard InChI is InChI=1S/C40H50N6O5/c1-26(47)46-22-15-28(16-23-46)39(3,37(50)41-24-38(2)17-7-18-38)27-10-12-29(13-11-27)43-36(49)34(44-35(48)31-14-21-42-45(31)4)33-30-8-5-6-9-32(30)51-25-40(33)19-20-40/h5-6,8-14,21,28,33-34H,7,15-20,22-25H2,1-4H3,(H,41,50)(H,43,49)(H,44,48)/t33?,34-,39?/m0/s1. The van der Waals surface area contributed by atoms with E-state index in [9.17, 15) is 19.2 Å². The maximum Gasteiger partial charge on any atom is 0.270 e. The van der Waals surface area contributed by atoms with Crippen LogP contribution in [0.2, 0.25) is 0 Å². The number of carbonyl (C=O) groups excluding carboxylic acids is 4. The first-order valence-electron chi connectivity index (χ1n) is 18.4. The van der Waals surface area contributed by atoms with E-state index in [0.29, 0.717) is 37.6 Å². The van der Waals surface area contributed by atoms with E-state index < -0.39 is 11.5 Å². The van der Waals surface area contributed by atoms with Crippen LogP contribution in [0.3, 0.4) is 0 Å². The first-order valence-corrected chi connectivity index (χ1v) is 18.4. The van der Waals surface area contributed by atoms with Crippen LogP contribution in [0.1, 0.15) is 93.3 Å². The Morgan fingerprint density at radius 2 is 1.71 bits per heavy atom. The summed E-state index contributed by atoms with van der Waals surface area (Å²) in [7, 11) is 1.70. The summed E-state index contributed by atoms with van der Waals surface area (Å²) in [6, 6.07) is 16.1. The Morgan fingerprint density at radius 1 is 1.00 bits per heavy atom. The topological polar surface area (TPSA) is 135 Å². The second-order valence-corrected chi connectivity index (χ2v) is 15.9. The summed E-state index contributed by atoms with van der Waals surface area (Å²) >= 11 is 0. The van der Waals surface area contributed by atoms with E-state index in [-0.39, 0.29) is 46.3 Å². The molecule has 0 bridgehead atoms. The number of para-hydroxylation sites is 1. The number of nitrogens with zero attached hydrogens (tertiary/aromatic N) is 3. The van der Waals surface area contributed by atoms with Crippen LogP contribution in [-0.2, 0) is 26.8 Å². The number of anilines is 1. The number of fused-ring (bicyclic) bond motifs is 1. The molecule has 1 saturated heterocycles. The summed E-state index contributed by atoms with van der Waals surface area (Å²) < 4.78 is 7.64. The Hall–Kier alpha value is -4.67. The van der Waals surface area contributed by atoms with Crippen LogP contribution in [0.5, 0.6) is 5.75 Å². The van der Waals surface area contributed by atoms with Crippen LogP contribution < -0.4 is 20.7 Å². The third kappa shape index (κ3) is 6.63. The smallest absolute Gasteiger partial charge is 0.270 e. The fourth-order valence-corrected chi connectivity index (χ4v) is 8.65. The monoisotopic (exact) mass is 694 g/mol. The van der Waals surface area contributed by atoms with Crippen molar-refractivity contribution in [1.82, 2.24) is 25.3 Å². The number of ether oxygens (including phenoxy) is 1. The van der Waals surface area contributed by atoms with Crippen LogP contribution in [0.4, 0.5) is 5.69 Å². The third-order valence-corrected chi connectivity index (χ3v) is 12.5. The zero-order valence-corrected chi connectivity index (χ0v) is 30.2. The normalized spacial score (nSPS) is 22.0. The van der Waals surface area contributed by atoms with Gasteiger partial charge in [0, 0.05) is 62.4 Å². The van der Waals surface area contributed by atoms with E-state index in [1.165, 1.54) is 11.1 Å². The minimum Gasteiger partial charge on any atom is -0.493 e. The molecule has 3 aromatic rings. The van der Waals surface area contributed by atoms with Gasteiger partial charge in [-0.15, -0.1) is 0 Å². The molecule has 3 heterocycles. The SMILES string of the molecule is CC(=O)N1CCC(C(C)(C(=O)NCC2(C)CCC2)c2ccc(NC(=O)[C@@H](NC(=O)c3ccnn3C)C3c4ccccc4OCC34CC4)cc2)CC1. The number of likely N-dealkylation sites (tertiary alicyclic amines) is 1. The van der Waals surface area contributed by atoms with Gasteiger partial charge in [-0.05, 0) is 86.6 Å². The lowest BCUT2D eigenvalue weighted by Gasteiger charge is -2.44. The molecule has 7 rings (SSSR count). The molecule has 4 aliphatic rings. The van der Waals surface area contributed by atoms with E-state index in [0.717, 1.165) is 55.4 Å². The molecule has 11 nitrogen and oxygen atoms in total. The Kier molecular flexibility index (Phi) is 9.18. The van der Waals surface area contributed by atoms with E-state index in [1.807, 2.05) is 60.4 Å². The number of hydrogen-bond donors (Lipinski definition) is 3. The van der Waals surface area contributed by atoms with Gasteiger partial charge < -0.3 is 25.6 Å². The zero-order valence-electron chi connectivity index (χ0n) is 30.2. The summed E-state index contributed by atoms with van der Waals surface area (Å²) in [6.45, 7) is 8.22. The van der Waals surface area contributed by atoms with Crippen molar-refractivity contribution in [3.05, 3.63) is 77.6 Å². The quantitative estimate of drug-likeness (QED) is 0.276. The summed E-state index contributed by atoms with van der Waals surface area (Å²) in [5.41, 5.74) is 1.78. The average molecular weight is 695 g/mol. The van der Waals surface area contributed by atoms with Gasteiger partial charge in [0.2, 0.25) is 17.7 Å². The first-order chi connectivity index (χ1) is 24.4. The predicted molar refractivity (Wildman–Crippen MR) is 193 cm³/mol. The van der Waals surface area contributed by atoms with Crippen molar-refractivity contribution in [1.29, 1.82) is 0 Å². The van der Waals surface area contributed by atoms with E-state index >= 15 is 0 Å². The van der Waals surface area contributed by atoms with Crippen molar-refractivity contribution in [2.75, 3.05) is 31.6 Å². The number of amides is 4. The third-order valence-electron chi connectivity index (χ3n) is 12.5. The summed E-state index contributed by atoms with van der Waals surface area (Å²) in [4.78, 5) is 56.1. The van der Waals surface area contributed by atoms with Gasteiger partial charge in [0.1, 0.15) is 17.5 Å². The lowest BCUT2D eigenvalue weighted by molar-refractivity contribution is -0.132. The number of carbonyl (C=O) groups is 4.